The van der Waals surface area contributed by atoms with Gasteiger partial charge in [-0.2, -0.15) is 0 Å². The summed E-state index contributed by atoms with van der Waals surface area (Å²) in [6.45, 7) is 11.6. The molecule has 0 radical (unpaired) electrons. The molecule has 2 aromatic carbocycles. The largest absolute Gasteiger partial charge is 0.476 e. The monoisotopic (exact) mass is 424 g/mol. The highest BCUT2D eigenvalue weighted by Gasteiger charge is 2.08. The summed E-state index contributed by atoms with van der Waals surface area (Å²) in [6.07, 6.45) is 0. The number of para-hydroxylation sites is 2. The molecule has 11 heteroatoms. The minimum atomic E-state index is -1.06. The third kappa shape index (κ3) is 15.8. The number of carbonyl (C=O) groups is 4. The smallest absolute Gasteiger partial charge is 0.384 e. The first-order chi connectivity index (χ1) is 14.8. The molecule has 31 heavy (non-hydrogen) atoms. The Kier molecular flexibility index (Phi) is 13.5. The van der Waals surface area contributed by atoms with Crippen molar-refractivity contribution in [3.63, 3.8) is 0 Å². The number of nitrogens with zero attached hydrogens (tertiary/aromatic N) is 2. The third-order valence-electron chi connectivity index (χ3n) is 2.76. The lowest BCUT2D eigenvalue weighted by atomic mass is 10.3. The number of carbonyl (C=O) groups excluding carboxylic acids is 3. The first-order valence-electron chi connectivity index (χ1n) is 8.44. The van der Waals surface area contributed by atoms with Gasteiger partial charge in [-0.25, -0.2) is 27.5 Å². The summed E-state index contributed by atoms with van der Waals surface area (Å²) in [4.78, 5) is 47.1. The Hall–Kier alpha value is -4.90. The highest BCUT2D eigenvalue weighted by Crippen LogP contribution is 2.04. The first kappa shape index (κ1) is 26.1. The summed E-state index contributed by atoms with van der Waals surface area (Å²) in [5.41, 5.74) is 6.18. The summed E-state index contributed by atoms with van der Waals surface area (Å²) in [5.74, 6) is -1.68. The third-order valence-corrected chi connectivity index (χ3v) is 2.76. The van der Waals surface area contributed by atoms with Crippen molar-refractivity contribution in [2.45, 2.75) is 0 Å². The average Bonchev–Trinajstić information content (AvgIpc) is 2.70. The molecule has 6 N–H and O–H groups in total. The second-order valence-electron chi connectivity index (χ2n) is 5.25. The van der Waals surface area contributed by atoms with Crippen LogP contribution in [0.1, 0.15) is 0 Å². The number of benzene rings is 2. The zero-order chi connectivity index (χ0) is 23.5. The van der Waals surface area contributed by atoms with Crippen LogP contribution in [0.15, 0.2) is 60.7 Å². The number of aliphatic carboxylic acids is 1. The van der Waals surface area contributed by atoms with Crippen LogP contribution in [0.3, 0.4) is 0 Å². The molecular formula is C20H20N6O5. The fourth-order valence-electron chi connectivity index (χ4n) is 1.65. The lowest BCUT2D eigenvalue weighted by Gasteiger charge is -2.03. The maximum absolute atomic E-state index is 11.2. The van der Waals surface area contributed by atoms with E-state index in [1.165, 1.54) is 0 Å². The molecule has 0 saturated heterocycles. The maximum Gasteiger partial charge on any atom is 0.384 e. The molecular weight excluding hydrogens is 404 g/mol. The lowest BCUT2D eigenvalue weighted by Crippen LogP contribution is -2.35. The molecule has 0 aliphatic rings. The second kappa shape index (κ2) is 16.1. The van der Waals surface area contributed by atoms with Gasteiger partial charge in [0.2, 0.25) is 0 Å². The van der Waals surface area contributed by atoms with Crippen molar-refractivity contribution in [3.05, 3.63) is 83.5 Å². The Balaban J connectivity index is 0.000000484. The molecule has 0 aromatic heterocycles. The van der Waals surface area contributed by atoms with E-state index in [4.69, 9.17) is 24.0 Å². The SMILES string of the molecule is NC(=O)Nc1ccccc1.[C-]#[N+]CC(=O)NC(=O)Nc1ccccc1.[C-]#[N+]CC(=O)O. The minimum Gasteiger partial charge on any atom is -0.476 e. The fourth-order valence-corrected chi connectivity index (χ4v) is 1.65. The molecule has 160 valence electrons. The zero-order valence-corrected chi connectivity index (χ0v) is 16.2. The highest BCUT2D eigenvalue weighted by atomic mass is 16.4. The van der Waals surface area contributed by atoms with E-state index in [1.54, 1.807) is 36.4 Å². The van der Waals surface area contributed by atoms with Gasteiger partial charge in [-0.1, -0.05) is 36.4 Å². The number of amides is 5. The van der Waals surface area contributed by atoms with Gasteiger partial charge in [0.15, 0.2) is 0 Å². The number of anilines is 2. The van der Waals surface area contributed by atoms with Gasteiger partial charge in [-0.05, 0) is 24.3 Å². The zero-order valence-electron chi connectivity index (χ0n) is 16.2. The van der Waals surface area contributed by atoms with E-state index in [2.05, 4.69) is 20.3 Å². The molecule has 0 heterocycles. The van der Waals surface area contributed by atoms with Gasteiger partial charge in [0.05, 0.1) is 0 Å². The molecule has 0 bridgehead atoms. The number of primary amides is 1. The van der Waals surface area contributed by atoms with Crippen LogP contribution in [0.25, 0.3) is 9.69 Å². The van der Waals surface area contributed by atoms with Crippen molar-refractivity contribution in [2.24, 2.45) is 5.73 Å². The van der Waals surface area contributed by atoms with Crippen molar-refractivity contribution in [2.75, 3.05) is 23.7 Å². The molecule has 0 aliphatic carbocycles. The number of nitrogens with two attached hydrogens (primary N) is 1. The van der Waals surface area contributed by atoms with Gasteiger partial charge in [0.1, 0.15) is 0 Å². The van der Waals surface area contributed by atoms with Gasteiger partial charge in [-0.15, -0.1) is 0 Å². The van der Waals surface area contributed by atoms with E-state index in [1.807, 2.05) is 29.6 Å². The summed E-state index contributed by atoms with van der Waals surface area (Å²) < 4.78 is 0. The normalized spacial score (nSPS) is 8.32. The topological polar surface area (TPSA) is 159 Å². The van der Waals surface area contributed by atoms with Gasteiger partial charge in [0, 0.05) is 11.4 Å². The van der Waals surface area contributed by atoms with Crippen LogP contribution >= 0.6 is 0 Å². The second-order valence-corrected chi connectivity index (χ2v) is 5.25. The van der Waals surface area contributed by atoms with Gasteiger partial charge in [-0.3, -0.25) is 10.1 Å². The fraction of sp³-hybridized carbons (Fsp3) is 0.100. The van der Waals surface area contributed by atoms with Crippen molar-refractivity contribution < 1.29 is 24.3 Å². The minimum absolute atomic E-state index is 0.345. The molecule has 2 rings (SSSR count). The first-order valence-corrected chi connectivity index (χ1v) is 8.44. The summed E-state index contributed by atoms with van der Waals surface area (Å²) >= 11 is 0. The van der Waals surface area contributed by atoms with E-state index in [0.29, 0.717) is 5.69 Å². The predicted octanol–water partition coefficient (Wildman–Crippen LogP) is 2.42. The Morgan fingerprint density at radius 2 is 1.26 bits per heavy atom. The lowest BCUT2D eigenvalue weighted by molar-refractivity contribution is -0.134. The number of imide groups is 1. The Morgan fingerprint density at radius 1 is 0.806 bits per heavy atom. The predicted molar refractivity (Wildman–Crippen MR) is 114 cm³/mol. The summed E-state index contributed by atoms with van der Waals surface area (Å²) in [5, 5.41) is 14.6. The number of hydrogen-bond acceptors (Lipinski definition) is 4. The van der Waals surface area contributed by atoms with Crippen LogP contribution in [0, 0.1) is 13.1 Å². The number of nitrogens with one attached hydrogen (secondary N) is 3. The maximum atomic E-state index is 11.2. The molecule has 0 saturated carbocycles. The van der Waals surface area contributed by atoms with Crippen LogP contribution in [0.2, 0.25) is 0 Å². The molecule has 2 aromatic rings. The number of rotatable bonds is 4. The van der Waals surface area contributed by atoms with E-state index >= 15 is 0 Å². The van der Waals surface area contributed by atoms with E-state index in [9.17, 15) is 19.2 Å². The Bertz CT molecular complexity index is 936. The van der Waals surface area contributed by atoms with Crippen LogP contribution in [-0.2, 0) is 9.59 Å². The summed E-state index contributed by atoms with van der Waals surface area (Å²) in [7, 11) is 0. The van der Waals surface area contributed by atoms with Crippen molar-refractivity contribution >= 4 is 35.3 Å². The van der Waals surface area contributed by atoms with Gasteiger partial charge in [0.25, 0.3) is 6.54 Å². The number of urea groups is 2. The van der Waals surface area contributed by atoms with Crippen molar-refractivity contribution in [1.82, 2.24) is 5.32 Å². The number of carboxylic acids is 1. The van der Waals surface area contributed by atoms with Crippen LogP contribution in [-0.4, -0.2) is 42.1 Å². The molecule has 0 aliphatic heterocycles. The van der Waals surface area contributed by atoms with Crippen molar-refractivity contribution in [3.8, 4) is 0 Å². The Labute approximate surface area is 178 Å². The van der Waals surface area contributed by atoms with Gasteiger partial charge < -0.3 is 31.2 Å². The van der Waals surface area contributed by atoms with Crippen LogP contribution in [0.5, 0.6) is 0 Å². The van der Waals surface area contributed by atoms with E-state index in [-0.39, 0.29) is 6.54 Å². The molecule has 0 unspecified atom stereocenters. The van der Waals surface area contributed by atoms with E-state index in [0.717, 1.165) is 5.69 Å². The number of carboxylic acid groups (broad SMARTS) is 1. The number of hydrogen-bond donors (Lipinski definition) is 5. The molecule has 11 nitrogen and oxygen atoms in total. The molecule has 0 spiro atoms. The van der Waals surface area contributed by atoms with Crippen LogP contribution < -0.4 is 21.7 Å². The standard InChI is InChI=1S/C10H9N3O2.C7H8N2O.C3H3NO2/c1-11-7-9(14)13-10(15)12-8-5-3-2-4-6-8;8-7(10)9-6-4-2-1-3-5-6;1-4-2-3(5)6/h2-6H,7H2,(H2,12,13,14,15);1-5H,(H3,8,9,10);2H2,(H,5,6). The molecule has 0 atom stereocenters. The van der Waals surface area contributed by atoms with Gasteiger partial charge >= 0.3 is 30.5 Å². The quantitative estimate of drug-likeness (QED) is 0.476. The van der Waals surface area contributed by atoms with Crippen LogP contribution in [0.4, 0.5) is 21.0 Å². The summed E-state index contributed by atoms with van der Waals surface area (Å²) in [6, 6.07) is 16.6. The molecule has 0 fully saturated rings. The average molecular weight is 424 g/mol. The van der Waals surface area contributed by atoms with Crippen molar-refractivity contribution in [1.29, 1.82) is 0 Å². The Morgan fingerprint density at radius 3 is 1.61 bits per heavy atom. The van der Waals surface area contributed by atoms with E-state index < -0.39 is 30.5 Å². The molecule has 5 amide bonds. The highest BCUT2D eigenvalue weighted by molar-refractivity contribution is 6.02.